The maximum Gasteiger partial charge on any atom is 0.242 e. The van der Waals surface area contributed by atoms with Crippen molar-refractivity contribution in [1.29, 1.82) is 0 Å². The number of hydrogen-bond donors (Lipinski definition) is 2. The van der Waals surface area contributed by atoms with Gasteiger partial charge in [-0.05, 0) is 19.3 Å². The molecule has 0 atom stereocenters. The summed E-state index contributed by atoms with van der Waals surface area (Å²) in [7, 11) is 0. The van der Waals surface area contributed by atoms with Crippen molar-refractivity contribution in [1.82, 2.24) is 9.97 Å². The summed E-state index contributed by atoms with van der Waals surface area (Å²) in [5, 5.41) is 3.28. The van der Waals surface area contributed by atoms with Crippen molar-refractivity contribution < 1.29 is 4.74 Å². The Hall–Kier alpha value is -1.52. The minimum Gasteiger partial charge on any atom is -0.476 e. The highest BCUT2D eigenvalue weighted by molar-refractivity contribution is 5.66. The van der Waals surface area contributed by atoms with Gasteiger partial charge in [-0.25, -0.2) is 4.98 Å². The van der Waals surface area contributed by atoms with Crippen LogP contribution in [-0.2, 0) is 0 Å². The number of ether oxygens (including phenoxy) is 1. The van der Waals surface area contributed by atoms with E-state index >= 15 is 0 Å². The average Bonchev–Trinajstić information content (AvgIpc) is 2.40. The molecule has 0 saturated carbocycles. The van der Waals surface area contributed by atoms with Gasteiger partial charge in [0.2, 0.25) is 5.88 Å². The highest BCUT2D eigenvalue weighted by Gasteiger charge is 2.11. The number of nitrogens with one attached hydrogen (secondary N) is 1. The summed E-state index contributed by atoms with van der Waals surface area (Å²) >= 11 is 0. The molecule has 20 heavy (non-hydrogen) atoms. The third kappa shape index (κ3) is 5.63. The molecule has 0 aliphatic rings. The fourth-order valence-corrected chi connectivity index (χ4v) is 1.80. The second-order valence-corrected chi connectivity index (χ2v) is 5.53. The molecule has 1 rings (SSSR count). The minimum absolute atomic E-state index is 0.440. The van der Waals surface area contributed by atoms with Crippen LogP contribution in [-0.4, -0.2) is 23.1 Å². The fourth-order valence-electron chi connectivity index (χ4n) is 1.80. The second kappa shape index (κ2) is 8.61. The Bertz CT molecular complexity index is 407. The summed E-state index contributed by atoms with van der Waals surface area (Å²) < 4.78 is 5.65. The monoisotopic (exact) mass is 280 g/mol. The topological polar surface area (TPSA) is 73.1 Å². The summed E-state index contributed by atoms with van der Waals surface area (Å²) in [5.41, 5.74) is 6.57. The molecule has 5 nitrogen and oxygen atoms in total. The number of hydrogen-bond acceptors (Lipinski definition) is 5. The third-order valence-electron chi connectivity index (χ3n) is 2.90. The SMILES string of the molecule is CCCCCCNc1nc(C)nc(OCC(C)C)c1N. The molecule has 114 valence electrons. The smallest absolute Gasteiger partial charge is 0.242 e. The quantitative estimate of drug-likeness (QED) is 0.678. The number of nitrogens with zero attached hydrogens (tertiary/aromatic N) is 2. The van der Waals surface area contributed by atoms with Gasteiger partial charge in [-0.3, -0.25) is 0 Å². The van der Waals surface area contributed by atoms with Gasteiger partial charge in [-0.15, -0.1) is 0 Å². The molecular weight excluding hydrogens is 252 g/mol. The predicted molar refractivity (Wildman–Crippen MR) is 84.1 cm³/mol. The lowest BCUT2D eigenvalue weighted by atomic mass is 10.2. The van der Waals surface area contributed by atoms with Crippen LogP contribution < -0.4 is 15.8 Å². The normalized spacial score (nSPS) is 10.8. The zero-order valence-electron chi connectivity index (χ0n) is 13.2. The van der Waals surface area contributed by atoms with Crippen molar-refractivity contribution in [3.63, 3.8) is 0 Å². The third-order valence-corrected chi connectivity index (χ3v) is 2.90. The molecule has 0 amide bonds. The molecular formula is C15H28N4O. The standard InChI is InChI=1S/C15H28N4O/c1-5-6-7-8-9-17-14-13(16)15(19-12(4)18-14)20-10-11(2)3/h11H,5-10,16H2,1-4H3,(H,17,18,19). The van der Waals surface area contributed by atoms with Crippen LogP contribution in [0.3, 0.4) is 0 Å². The minimum atomic E-state index is 0.440. The maximum atomic E-state index is 6.07. The van der Waals surface area contributed by atoms with Gasteiger partial charge in [0.15, 0.2) is 5.82 Å². The second-order valence-electron chi connectivity index (χ2n) is 5.53. The van der Waals surface area contributed by atoms with E-state index in [1.165, 1.54) is 19.3 Å². The molecule has 0 spiro atoms. The zero-order chi connectivity index (χ0) is 15.0. The lowest BCUT2D eigenvalue weighted by molar-refractivity contribution is 0.262. The van der Waals surface area contributed by atoms with Crippen molar-refractivity contribution in [3.05, 3.63) is 5.82 Å². The van der Waals surface area contributed by atoms with E-state index in [1.807, 2.05) is 6.92 Å². The summed E-state index contributed by atoms with van der Waals surface area (Å²) in [4.78, 5) is 8.62. The van der Waals surface area contributed by atoms with E-state index in [2.05, 4.69) is 36.1 Å². The fraction of sp³-hybridized carbons (Fsp3) is 0.733. The molecule has 0 bridgehead atoms. The van der Waals surface area contributed by atoms with Gasteiger partial charge in [-0.2, -0.15) is 4.98 Å². The average molecular weight is 280 g/mol. The van der Waals surface area contributed by atoms with Crippen molar-refractivity contribution in [2.75, 3.05) is 24.2 Å². The lowest BCUT2D eigenvalue weighted by Crippen LogP contribution is -2.12. The number of aryl methyl sites for hydroxylation is 1. The van der Waals surface area contributed by atoms with Gasteiger partial charge in [0.1, 0.15) is 11.5 Å². The maximum absolute atomic E-state index is 6.07. The van der Waals surface area contributed by atoms with Crippen LogP contribution >= 0.6 is 0 Å². The molecule has 1 aromatic rings. The molecule has 1 aromatic heterocycles. The predicted octanol–water partition coefficient (Wildman–Crippen LogP) is 3.39. The van der Waals surface area contributed by atoms with Crippen LogP contribution in [0.5, 0.6) is 5.88 Å². The Labute approximate surface area is 122 Å². The Morgan fingerprint density at radius 1 is 1.20 bits per heavy atom. The van der Waals surface area contributed by atoms with Crippen LogP contribution in [0.1, 0.15) is 52.3 Å². The first kappa shape index (κ1) is 16.5. The highest BCUT2D eigenvalue weighted by Crippen LogP contribution is 2.26. The van der Waals surface area contributed by atoms with E-state index in [9.17, 15) is 0 Å². The molecule has 0 aliphatic carbocycles. The number of unbranched alkanes of at least 4 members (excludes halogenated alkanes) is 3. The number of anilines is 2. The number of nitrogen functional groups attached to an aromatic ring is 1. The van der Waals surface area contributed by atoms with Crippen LogP contribution in [0.25, 0.3) is 0 Å². The van der Waals surface area contributed by atoms with Crippen molar-refractivity contribution in [3.8, 4) is 5.88 Å². The van der Waals surface area contributed by atoms with E-state index < -0.39 is 0 Å². The first-order valence-electron chi connectivity index (χ1n) is 7.55. The zero-order valence-corrected chi connectivity index (χ0v) is 13.2. The van der Waals surface area contributed by atoms with E-state index in [-0.39, 0.29) is 0 Å². The summed E-state index contributed by atoms with van der Waals surface area (Å²) in [6.45, 7) is 9.73. The van der Waals surface area contributed by atoms with Gasteiger partial charge in [-0.1, -0.05) is 40.0 Å². The Morgan fingerprint density at radius 2 is 1.95 bits per heavy atom. The molecule has 0 radical (unpaired) electrons. The largest absolute Gasteiger partial charge is 0.476 e. The summed E-state index contributed by atoms with van der Waals surface area (Å²) in [6.07, 6.45) is 4.85. The van der Waals surface area contributed by atoms with Crippen molar-refractivity contribution >= 4 is 11.5 Å². The van der Waals surface area contributed by atoms with Gasteiger partial charge in [0, 0.05) is 6.54 Å². The van der Waals surface area contributed by atoms with Crippen molar-refractivity contribution in [2.24, 2.45) is 5.92 Å². The summed E-state index contributed by atoms with van der Waals surface area (Å²) in [5.74, 6) is 2.29. The lowest BCUT2D eigenvalue weighted by Gasteiger charge is -2.14. The number of aromatic nitrogens is 2. The van der Waals surface area contributed by atoms with E-state index in [1.54, 1.807) is 0 Å². The van der Waals surface area contributed by atoms with E-state index in [4.69, 9.17) is 10.5 Å². The molecule has 0 saturated heterocycles. The molecule has 3 N–H and O–H groups in total. The molecule has 5 heteroatoms. The van der Waals surface area contributed by atoms with Crippen LogP contribution in [0.15, 0.2) is 0 Å². The van der Waals surface area contributed by atoms with Crippen molar-refractivity contribution in [2.45, 2.75) is 53.4 Å². The van der Waals surface area contributed by atoms with E-state index in [0.29, 0.717) is 35.7 Å². The number of rotatable bonds is 9. The van der Waals surface area contributed by atoms with E-state index in [0.717, 1.165) is 13.0 Å². The Balaban J connectivity index is 2.61. The highest BCUT2D eigenvalue weighted by atomic mass is 16.5. The van der Waals surface area contributed by atoms with Gasteiger partial charge in [0.25, 0.3) is 0 Å². The Kier molecular flexibility index (Phi) is 7.12. The van der Waals surface area contributed by atoms with Gasteiger partial charge in [0.05, 0.1) is 6.61 Å². The molecule has 0 unspecified atom stereocenters. The molecule has 0 fully saturated rings. The summed E-state index contributed by atoms with van der Waals surface area (Å²) in [6, 6.07) is 0. The molecule has 0 aliphatic heterocycles. The first-order valence-corrected chi connectivity index (χ1v) is 7.55. The van der Waals surface area contributed by atoms with Crippen LogP contribution in [0.2, 0.25) is 0 Å². The molecule has 0 aromatic carbocycles. The van der Waals surface area contributed by atoms with Crippen LogP contribution in [0.4, 0.5) is 11.5 Å². The number of nitrogens with two attached hydrogens (primary N) is 1. The van der Waals surface area contributed by atoms with Gasteiger partial charge >= 0.3 is 0 Å². The van der Waals surface area contributed by atoms with Gasteiger partial charge < -0.3 is 15.8 Å². The first-order chi connectivity index (χ1) is 9.54. The Morgan fingerprint density at radius 3 is 2.60 bits per heavy atom. The molecule has 1 heterocycles. The van der Waals surface area contributed by atoms with Crippen LogP contribution in [0, 0.1) is 12.8 Å².